The normalized spacial score (nSPS) is 26.1. The summed E-state index contributed by atoms with van der Waals surface area (Å²) in [5.41, 5.74) is 1.07. The van der Waals surface area contributed by atoms with Gasteiger partial charge in [-0.3, -0.25) is 4.76 Å². The molecule has 0 amide bonds. The second-order valence-corrected chi connectivity index (χ2v) is 8.55. The molecule has 2 atom stereocenters. The summed E-state index contributed by atoms with van der Waals surface area (Å²) in [5, 5.41) is 15.6. The maximum absolute atomic E-state index is 13.5. The van der Waals surface area contributed by atoms with Crippen molar-refractivity contribution in [2.24, 2.45) is 0 Å². The number of hydrogen-bond acceptors (Lipinski definition) is 4. The monoisotopic (exact) mass is 390 g/mol. The molecule has 1 aliphatic carbocycles. The Hall–Kier alpha value is -1.30. The molecule has 1 saturated heterocycles. The molecule has 0 spiro atoms. The lowest BCUT2D eigenvalue weighted by Gasteiger charge is -2.45. The molecule has 2 fully saturated rings. The summed E-state index contributed by atoms with van der Waals surface area (Å²) >= 11 is 0. The number of hydroxylamine groups is 2. The summed E-state index contributed by atoms with van der Waals surface area (Å²) in [6, 6.07) is 6.01. The van der Waals surface area contributed by atoms with Crippen LogP contribution in [0, 0.1) is 5.21 Å². The van der Waals surface area contributed by atoms with Crippen molar-refractivity contribution in [3.63, 3.8) is 0 Å². The first-order valence-electron chi connectivity index (χ1n) is 11.2. The second kappa shape index (κ2) is 9.95. The number of rotatable bonds is 10. The summed E-state index contributed by atoms with van der Waals surface area (Å²) in [6.45, 7) is 3.99. The van der Waals surface area contributed by atoms with Gasteiger partial charge >= 0.3 is 0 Å². The number of nitrogens with zero attached hydrogens (tertiary/aromatic N) is 2. The number of benzene rings is 1. The molecular weight excluding hydrogens is 352 g/mol. The molecule has 0 aromatic heterocycles. The highest BCUT2D eigenvalue weighted by Crippen LogP contribution is 2.41. The van der Waals surface area contributed by atoms with Crippen LogP contribution >= 0.6 is 0 Å². The van der Waals surface area contributed by atoms with E-state index in [0.717, 1.165) is 55.8 Å². The summed E-state index contributed by atoms with van der Waals surface area (Å²) < 4.78 is 11.5. The number of hydrogen-bond donors (Lipinski definition) is 0. The van der Waals surface area contributed by atoms with Crippen LogP contribution in [0.1, 0.15) is 82.7 Å². The van der Waals surface area contributed by atoms with Gasteiger partial charge in [-0.15, -0.1) is 0 Å². The van der Waals surface area contributed by atoms with Crippen molar-refractivity contribution in [3.8, 4) is 11.5 Å². The standard InChI is InChI=1S/C23H38N2O3/c1-4-5-6-7-10-16-24-17-15-21(25(24,2)26)19-13-14-22(27-3)23(18-19)28-20-11-8-9-12-20/h13-14,18,20-21H,4-12,15-17H2,1-3H3. The Morgan fingerprint density at radius 1 is 1.07 bits per heavy atom. The Kier molecular flexibility index (Phi) is 7.61. The highest BCUT2D eigenvalue weighted by Gasteiger charge is 2.40. The number of methoxy groups -OCH3 is 1. The van der Waals surface area contributed by atoms with Crippen LogP contribution in [0.15, 0.2) is 18.2 Å². The van der Waals surface area contributed by atoms with E-state index in [2.05, 4.69) is 18.0 Å². The van der Waals surface area contributed by atoms with Crippen molar-refractivity contribution in [2.75, 3.05) is 27.2 Å². The molecule has 2 unspecified atom stereocenters. The SMILES string of the molecule is CCCCCCCN1CCC(c2ccc(OC)c(OC3CCCC3)c2)[N+]1(C)[O-]. The summed E-state index contributed by atoms with van der Waals surface area (Å²) in [5.74, 6) is 1.56. The van der Waals surface area contributed by atoms with E-state index in [-0.39, 0.29) is 16.9 Å². The van der Waals surface area contributed by atoms with Gasteiger partial charge in [0.25, 0.3) is 0 Å². The summed E-state index contributed by atoms with van der Waals surface area (Å²) in [7, 11) is 3.49. The molecule has 1 heterocycles. The molecule has 1 aliphatic heterocycles. The minimum Gasteiger partial charge on any atom is -0.611 e. The van der Waals surface area contributed by atoms with Crippen molar-refractivity contribution in [3.05, 3.63) is 29.0 Å². The minimum atomic E-state index is -0.303. The van der Waals surface area contributed by atoms with Gasteiger partial charge in [0.1, 0.15) is 6.04 Å². The van der Waals surface area contributed by atoms with Gasteiger partial charge in [-0.2, -0.15) is 5.01 Å². The molecule has 2 aliphatic rings. The van der Waals surface area contributed by atoms with Crippen molar-refractivity contribution in [1.29, 1.82) is 0 Å². The molecule has 5 heteroatoms. The van der Waals surface area contributed by atoms with Gasteiger partial charge < -0.3 is 14.7 Å². The van der Waals surface area contributed by atoms with Gasteiger partial charge in [0.05, 0.1) is 26.8 Å². The lowest BCUT2D eigenvalue weighted by molar-refractivity contribution is -0.988. The van der Waals surface area contributed by atoms with Crippen LogP contribution in [-0.2, 0) is 0 Å². The van der Waals surface area contributed by atoms with Crippen LogP contribution in [0.4, 0.5) is 0 Å². The van der Waals surface area contributed by atoms with E-state index in [9.17, 15) is 5.21 Å². The van der Waals surface area contributed by atoms with E-state index in [0.29, 0.717) is 0 Å². The topological polar surface area (TPSA) is 44.8 Å². The van der Waals surface area contributed by atoms with E-state index in [1.54, 1.807) is 7.11 Å². The van der Waals surface area contributed by atoms with Crippen LogP contribution in [0.25, 0.3) is 0 Å². The average Bonchev–Trinajstić information content (AvgIpc) is 3.29. The van der Waals surface area contributed by atoms with Crippen molar-refractivity contribution in [2.45, 2.75) is 83.3 Å². The van der Waals surface area contributed by atoms with Gasteiger partial charge in [0, 0.05) is 18.5 Å². The number of unbranched alkanes of at least 4 members (excludes halogenated alkanes) is 4. The first-order valence-corrected chi connectivity index (χ1v) is 11.2. The lowest BCUT2D eigenvalue weighted by atomic mass is 10.0. The zero-order valence-corrected chi connectivity index (χ0v) is 18.0. The fourth-order valence-electron chi connectivity index (χ4n) is 4.74. The van der Waals surface area contributed by atoms with E-state index < -0.39 is 0 Å². The molecule has 0 radical (unpaired) electrons. The van der Waals surface area contributed by atoms with Gasteiger partial charge in [-0.05, 0) is 50.3 Å². The molecule has 0 bridgehead atoms. The molecule has 5 nitrogen and oxygen atoms in total. The van der Waals surface area contributed by atoms with Crippen LogP contribution in [0.5, 0.6) is 11.5 Å². The maximum Gasteiger partial charge on any atom is 0.162 e. The predicted molar refractivity (Wildman–Crippen MR) is 113 cm³/mol. The van der Waals surface area contributed by atoms with Crippen LogP contribution in [-0.4, -0.2) is 43.1 Å². The summed E-state index contributed by atoms with van der Waals surface area (Å²) in [6.07, 6.45) is 12.0. The largest absolute Gasteiger partial charge is 0.611 e. The third kappa shape index (κ3) is 5.00. The van der Waals surface area contributed by atoms with Gasteiger partial charge in [0.15, 0.2) is 11.5 Å². The van der Waals surface area contributed by atoms with Gasteiger partial charge in [-0.25, -0.2) is 0 Å². The Balaban J connectivity index is 1.66. The van der Waals surface area contributed by atoms with Gasteiger partial charge in [0.2, 0.25) is 0 Å². The zero-order valence-electron chi connectivity index (χ0n) is 18.0. The smallest absolute Gasteiger partial charge is 0.162 e. The van der Waals surface area contributed by atoms with Crippen LogP contribution < -0.4 is 9.47 Å². The fraction of sp³-hybridized carbons (Fsp3) is 0.739. The van der Waals surface area contributed by atoms with E-state index >= 15 is 0 Å². The van der Waals surface area contributed by atoms with Gasteiger partial charge in [-0.1, -0.05) is 32.6 Å². The number of quaternary nitrogens is 1. The quantitative estimate of drug-likeness (QED) is 0.297. The first-order chi connectivity index (χ1) is 13.6. The first kappa shape index (κ1) is 21.4. The minimum absolute atomic E-state index is 0.0625. The zero-order chi connectivity index (χ0) is 20.0. The van der Waals surface area contributed by atoms with E-state index in [4.69, 9.17) is 9.47 Å². The average molecular weight is 391 g/mol. The number of ether oxygens (including phenoxy) is 2. The van der Waals surface area contributed by atoms with Crippen LogP contribution in [0.3, 0.4) is 0 Å². The molecule has 1 aromatic rings. The molecule has 0 N–H and O–H groups in total. The highest BCUT2D eigenvalue weighted by molar-refractivity contribution is 5.44. The predicted octanol–water partition coefficient (Wildman–Crippen LogP) is 5.59. The van der Waals surface area contributed by atoms with Crippen molar-refractivity contribution < 1.29 is 14.2 Å². The van der Waals surface area contributed by atoms with Crippen LogP contribution in [0.2, 0.25) is 0 Å². The molecule has 1 aromatic carbocycles. The van der Waals surface area contributed by atoms with E-state index in [1.165, 1.54) is 38.5 Å². The fourth-order valence-corrected chi connectivity index (χ4v) is 4.74. The Morgan fingerprint density at radius 3 is 2.54 bits per heavy atom. The molecule has 28 heavy (non-hydrogen) atoms. The Morgan fingerprint density at radius 2 is 1.82 bits per heavy atom. The third-order valence-corrected chi connectivity index (χ3v) is 6.49. The molecular formula is C23H38N2O3. The molecule has 3 rings (SSSR count). The molecule has 158 valence electrons. The summed E-state index contributed by atoms with van der Waals surface area (Å²) in [4.78, 5) is 0. The molecule has 1 saturated carbocycles. The second-order valence-electron chi connectivity index (χ2n) is 8.55. The lowest BCUT2D eigenvalue weighted by Crippen LogP contribution is -2.49. The van der Waals surface area contributed by atoms with E-state index in [1.807, 2.05) is 19.2 Å². The van der Waals surface area contributed by atoms with Crippen molar-refractivity contribution in [1.82, 2.24) is 5.01 Å². The third-order valence-electron chi connectivity index (χ3n) is 6.49. The Bertz CT molecular complexity index is 614. The van der Waals surface area contributed by atoms with Crippen molar-refractivity contribution >= 4 is 0 Å². The maximum atomic E-state index is 13.5. The highest BCUT2D eigenvalue weighted by atomic mass is 16.6. The Labute approximate surface area is 170 Å².